The number of hydrogen-bond acceptors (Lipinski definition) is 3. The molecular weight excluding hydrogens is 310 g/mol. The summed E-state index contributed by atoms with van der Waals surface area (Å²) in [6.07, 6.45) is 9.14. The van der Waals surface area contributed by atoms with Gasteiger partial charge in [0.25, 0.3) is 0 Å². The zero-order valence-electron chi connectivity index (χ0n) is 15.4. The second-order valence-electron chi connectivity index (χ2n) is 8.02. The maximum absolute atomic E-state index is 12.4. The van der Waals surface area contributed by atoms with Crippen molar-refractivity contribution in [2.24, 2.45) is 11.1 Å². The summed E-state index contributed by atoms with van der Waals surface area (Å²) in [5.74, 6) is 0.147. The molecule has 1 heterocycles. The summed E-state index contributed by atoms with van der Waals surface area (Å²) in [6.45, 7) is 4.74. The molecule has 1 saturated carbocycles. The first-order valence-electron chi connectivity index (χ1n) is 9.96. The van der Waals surface area contributed by atoms with Crippen LogP contribution < -0.4 is 11.1 Å². The number of likely N-dealkylation sites (tertiary alicyclic amines) is 1. The topological polar surface area (TPSA) is 58.4 Å². The molecule has 0 unspecified atom stereocenters. The molecule has 3 rings (SSSR count). The van der Waals surface area contributed by atoms with Crippen molar-refractivity contribution in [1.29, 1.82) is 0 Å². The van der Waals surface area contributed by atoms with E-state index in [2.05, 4.69) is 34.5 Å². The highest BCUT2D eigenvalue weighted by molar-refractivity contribution is 5.76. The van der Waals surface area contributed by atoms with Gasteiger partial charge in [-0.05, 0) is 61.9 Å². The van der Waals surface area contributed by atoms with Gasteiger partial charge in [-0.2, -0.15) is 0 Å². The van der Waals surface area contributed by atoms with Crippen LogP contribution in [0.3, 0.4) is 0 Å². The Labute approximate surface area is 152 Å². The average molecular weight is 344 g/mol. The van der Waals surface area contributed by atoms with Gasteiger partial charge >= 0.3 is 0 Å². The molecule has 0 aromatic heterocycles. The Balaban J connectivity index is 1.45. The standard InChI is InChI=1S/C21H33N3O/c22-17-21(10-2-1-3-11-21)14-20(25)23-15-18-6-8-19(9-7-18)16-24-12-4-5-13-24/h6-9H,1-5,10-17,22H2,(H,23,25). The Morgan fingerprint density at radius 2 is 1.64 bits per heavy atom. The van der Waals surface area contributed by atoms with E-state index in [4.69, 9.17) is 5.73 Å². The largest absolute Gasteiger partial charge is 0.352 e. The number of nitrogens with zero attached hydrogens (tertiary/aromatic N) is 1. The third kappa shape index (κ3) is 5.29. The van der Waals surface area contributed by atoms with E-state index in [9.17, 15) is 4.79 Å². The number of carbonyl (C=O) groups is 1. The summed E-state index contributed by atoms with van der Waals surface area (Å²) in [5, 5.41) is 3.09. The molecule has 1 aromatic carbocycles. The predicted octanol–water partition coefficient (Wildman–Crippen LogP) is 3.20. The number of carbonyl (C=O) groups excluding carboxylic acids is 1. The number of benzene rings is 1. The molecule has 1 aliphatic carbocycles. The van der Waals surface area contributed by atoms with Crippen molar-refractivity contribution < 1.29 is 4.79 Å². The molecule has 1 amide bonds. The highest BCUT2D eigenvalue weighted by atomic mass is 16.1. The van der Waals surface area contributed by atoms with E-state index in [1.54, 1.807) is 0 Å². The van der Waals surface area contributed by atoms with E-state index in [0.717, 1.165) is 19.4 Å². The van der Waals surface area contributed by atoms with Gasteiger partial charge in [-0.3, -0.25) is 9.69 Å². The lowest BCUT2D eigenvalue weighted by Gasteiger charge is -2.35. The van der Waals surface area contributed by atoms with Gasteiger partial charge in [-0.1, -0.05) is 43.5 Å². The summed E-state index contributed by atoms with van der Waals surface area (Å²) in [6, 6.07) is 8.68. The van der Waals surface area contributed by atoms with E-state index in [1.165, 1.54) is 56.3 Å². The minimum Gasteiger partial charge on any atom is -0.352 e. The van der Waals surface area contributed by atoms with Gasteiger partial charge < -0.3 is 11.1 Å². The smallest absolute Gasteiger partial charge is 0.220 e. The first-order valence-corrected chi connectivity index (χ1v) is 9.96. The Kier molecular flexibility index (Phi) is 6.49. The molecule has 1 aromatic rings. The van der Waals surface area contributed by atoms with Crippen LogP contribution in [0.15, 0.2) is 24.3 Å². The van der Waals surface area contributed by atoms with Crippen LogP contribution in [0.2, 0.25) is 0 Å². The van der Waals surface area contributed by atoms with Crippen LogP contribution in [-0.4, -0.2) is 30.4 Å². The van der Waals surface area contributed by atoms with Crippen LogP contribution in [0.1, 0.15) is 62.5 Å². The van der Waals surface area contributed by atoms with Gasteiger partial charge in [0.05, 0.1) is 0 Å². The molecule has 0 atom stereocenters. The second-order valence-corrected chi connectivity index (χ2v) is 8.02. The molecule has 138 valence electrons. The number of rotatable bonds is 7. The fourth-order valence-corrected chi connectivity index (χ4v) is 4.32. The van der Waals surface area contributed by atoms with Crippen molar-refractivity contribution in [1.82, 2.24) is 10.2 Å². The zero-order valence-corrected chi connectivity index (χ0v) is 15.4. The number of nitrogens with one attached hydrogen (secondary N) is 1. The average Bonchev–Trinajstić information content (AvgIpc) is 3.15. The first-order chi connectivity index (χ1) is 12.2. The van der Waals surface area contributed by atoms with Crippen molar-refractivity contribution in [3.63, 3.8) is 0 Å². The maximum atomic E-state index is 12.4. The Morgan fingerprint density at radius 1 is 1.00 bits per heavy atom. The molecule has 0 radical (unpaired) electrons. The predicted molar refractivity (Wildman–Crippen MR) is 102 cm³/mol. The number of amides is 1. The SMILES string of the molecule is NCC1(CC(=O)NCc2ccc(CN3CCCC3)cc2)CCCCC1. The van der Waals surface area contributed by atoms with E-state index in [1.807, 2.05) is 0 Å². The van der Waals surface area contributed by atoms with Crippen molar-refractivity contribution in [3.05, 3.63) is 35.4 Å². The van der Waals surface area contributed by atoms with Crippen LogP contribution in [-0.2, 0) is 17.9 Å². The highest BCUT2D eigenvalue weighted by Gasteiger charge is 2.32. The fourth-order valence-electron chi connectivity index (χ4n) is 4.32. The summed E-state index contributed by atoms with van der Waals surface area (Å²) >= 11 is 0. The van der Waals surface area contributed by atoms with Crippen LogP contribution in [0, 0.1) is 5.41 Å². The molecule has 25 heavy (non-hydrogen) atoms. The Hall–Kier alpha value is -1.39. The lowest BCUT2D eigenvalue weighted by Crippen LogP contribution is -2.38. The zero-order chi connectivity index (χ0) is 17.5. The maximum Gasteiger partial charge on any atom is 0.220 e. The summed E-state index contributed by atoms with van der Waals surface area (Å²) in [7, 11) is 0. The lowest BCUT2D eigenvalue weighted by molar-refractivity contribution is -0.124. The highest BCUT2D eigenvalue weighted by Crippen LogP contribution is 2.38. The summed E-state index contributed by atoms with van der Waals surface area (Å²) < 4.78 is 0. The molecule has 3 N–H and O–H groups in total. The normalized spacial score (nSPS) is 20.5. The molecule has 4 nitrogen and oxygen atoms in total. The van der Waals surface area contributed by atoms with Gasteiger partial charge in [0.15, 0.2) is 0 Å². The van der Waals surface area contributed by atoms with Crippen molar-refractivity contribution >= 4 is 5.91 Å². The number of hydrogen-bond donors (Lipinski definition) is 2. The van der Waals surface area contributed by atoms with Crippen LogP contribution in [0.4, 0.5) is 0 Å². The van der Waals surface area contributed by atoms with Gasteiger partial charge in [0.1, 0.15) is 0 Å². The van der Waals surface area contributed by atoms with E-state index < -0.39 is 0 Å². The third-order valence-electron chi connectivity index (χ3n) is 6.00. The monoisotopic (exact) mass is 343 g/mol. The van der Waals surface area contributed by atoms with E-state index in [-0.39, 0.29) is 11.3 Å². The van der Waals surface area contributed by atoms with Crippen molar-refractivity contribution in [2.45, 2.75) is 64.5 Å². The fraction of sp³-hybridized carbons (Fsp3) is 0.667. The summed E-state index contributed by atoms with van der Waals surface area (Å²) in [5.41, 5.74) is 8.57. The van der Waals surface area contributed by atoms with Gasteiger partial charge in [0, 0.05) is 19.5 Å². The van der Waals surface area contributed by atoms with Gasteiger partial charge in [-0.25, -0.2) is 0 Å². The summed E-state index contributed by atoms with van der Waals surface area (Å²) in [4.78, 5) is 14.9. The van der Waals surface area contributed by atoms with Gasteiger partial charge in [0.2, 0.25) is 5.91 Å². The minimum absolute atomic E-state index is 0.0436. The molecule has 1 saturated heterocycles. The van der Waals surface area contributed by atoms with Crippen LogP contribution in [0.5, 0.6) is 0 Å². The molecular formula is C21H33N3O. The second kappa shape index (κ2) is 8.81. The molecule has 4 heteroatoms. The van der Waals surface area contributed by atoms with Gasteiger partial charge in [-0.15, -0.1) is 0 Å². The minimum atomic E-state index is 0.0436. The quantitative estimate of drug-likeness (QED) is 0.799. The van der Waals surface area contributed by atoms with Crippen LogP contribution in [0.25, 0.3) is 0 Å². The molecule has 2 aliphatic rings. The molecule has 1 aliphatic heterocycles. The first kappa shape index (κ1) is 18.4. The molecule has 0 bridgehead atoms. The molecule has 2 fully saturated rings. The molecule has 0 spiro atoms. The van der Waals surface area contributed by atoms with E-state index in [0.29, 0.717) is 19.5 Å². The Morgan fingerprint density at radius 3 is 2.28 bits per heavy atom. The Bertz CT molecular complexity index is 543. The van der Waals surface area contributed by atoms with Crippen molar-refractivity contribution in [3.8, 4) is 0 Å². The van der Waals surface area contributed by atoms with Crippen LogP contribution >= 0.6 is 0 Å². The van der Waals surface area contributed by atoms with E-state index >= 15 is 0 Å². The number of nitrogens with two attached hydrogens (primary N) is 1. The third-order valence-corrected chi connectivity index (χ3v) is 6.00. The lowest BCUT2D eigenvalue weighted by atomic mass is 9.71. The van der Waals surface area contributed by atoms with Crippen molar-refractivity contribution in [2.75, 3.05) is 19.6 Å².